The summed E-state index contributed by atoms with van der Waals surface area (Å²) in [6, 6.07) is 8.03. The van der Waals surface area contributed by atoms with Crippen molar-refractivity contribution < 1.29 is 14.6 Å². The molecule has 104 valence electrons. The fraction of sp³-hybridized carbons (Fsp3) is 0.533. The lowest BCUT2D eigenvalue weighted by Crippen LogP contribution is -2.38. The molecule has 0 atom stereocenters. The van der Waals surface area contributed by atoms with Crippen LogP contribution >= 0.6 is 0 Å². The number of carboxylic acids is 1. The van der Waals surface area contributed by atoms with Gasteiger partial charge in [0.15, 0.2) is 0 Å². The molecule has 0 aliphatic carbocycles. The molecule has 2 rings (SSSR count). The van der Waals surface area contributed by atoms with Crippen molar-refractivity contribution in [2.24, 2.45) is 5.92 Å². The van der Waals surface area contributed by atoms with Crippen LogP contribution in [0.5, 0.6) is 5.75 Å². The summed E-state index contributed by atoms with van der Waals surface area (Å²) in [4.78, 5) is 13.1. The lowest BCUT2D eigenvalue weighted by molar-refractivity contribution is -0.143. The molecule has 1 fully saturated rings. The van der Waals surface area contributed by atoms with Crippen LogP contribution in [0.25, 0.3) is 0 Å². The van der Waals surface area contributed by atoms with Crippen LogP contribution in [0.3, 0.4) is 0 Å². The zero-order chi connectivity index (χ0) is 13.7. The average Bonchev–Trinajstić information content (AvgIpc) is 2.41. The third-order valence-corrected chi connectivity index (χ3v) is 3.63. The number of carbonyl (C=O) groups is 1. The highest BCUT2D eigenvalue weighted by Crippen LogP contribution is 2.17. The highest BCUT2D eigenvalue weighted by atomic mass is 16.5. The van der Waals surface area contributed by atoms with E-state index in [1.807, 2.05) is 24.3 Å². The first-order valence-corrected chi connectivity index (χ1v) is 6.80. The smallest absolute Gasteiger partial charge is 0.306 e. The number of likely N-dealkylation sites (tertiary alicyclic amines) is 1. The van der Waals surface area contributed by atoms with Gasteiger partial charge in [0.1, 0.15) is 12.4 Å². The molecule has 1 aliphatic rings. The Balaban J connectivity index is 1.67. The van der Waals surface area contributed by atoms with E-state index in [9.17, 15) is 4.79 Å². The Kier molecular flexibility index (Phi) is 4.80. The van der Waals surface area contributed by atoms with Crippen molar-refractivity contribution in [2.45, 2.75) is 19.8 Å². The Morgan fingerprint density at radius 3 is 2.53 bits per heavy atom. The molecule has 19 heavy (non-hydrogen) atoms. The Hall–Kier alpha value is -1.55. The topological polar surface area (TPSA) is 49.8 Å². The molecule has 0 saturated carbocycles. The van der Waals surface area contributed by atoms with E-state index in [0.717, 1.165) is 38.2 Å². The number of aliphatic carboxylic acids is 1. The van der Waals surface area contributed by atoms with Crippen LogP contribution in [0.4, 0.5) is 0 Å². The van der Waals surface area contributed by atoms with Gasteiger partial charge in [-0.05, 0) is 45.0 Å². The second kappa shape index (κ2) is 6.57. The summed E-state index contributed by atoms with van der Waals surface area (Å²) in [6.07, 6.45) is 1.50. The van der Waals surface area contributed by atoms with Crippen molar-refractivity contribution in [3.8, 4) is 5.75 Å². The third kappa shape index (κ3) is 4.24. The van der Waals surface area contributed by atoms with Gasteiger partial charge in [0.2, 0.25) is 0 Å². The fourth-order valence-corrected chi connectivity index (χ4v) is 2.33. The first-order valence-electron chi connectivity index (χ1n) is 6.80. The fourth-order valence-electron chi connectivity index (χ4n) is 2.33. The molecule has 0 amide bonds. The molecule has 0 aromatic heterocycles. The second-order valence-corrected chi connectivity index (χ2v) is 5.12. The predicted molar refractivity (Wildman–Crippen MR) is 73.5 cm³/mol. The van der Waals surface area contributed by atoms with Gasteiger partial charge in [-0.2, -0.15) is 0 Å². The van der Waals surface area contributed by atoms with Crippen molar-refractivity contribution >= 4 is 5.97 Å². The zero-order valence-electron chi connectivity index (χ0n) is 11.3. The van der Waals surface area contributed by atoms with E-state index in [2.05, 4.69) is 11.8 Å². The quantitative estimate of drug-likeness (QED) is 0.884. The summed E-state index contributed by atoms with van der Waals surface area (Å²) in [5, 5.41) is 8.93. The Morgan fingerprint density at radius 1 is 1.32 bits per heavy atom. The highest BCUT2D eigenvalue weighted by molar-refractivity contribution is 5.70. The molecular weight excluding hydrogens is 242 g/mol. The Labute approximate surface area is 114 Å². The van der Waals surface area contributed by atoms with Crippen LogP contribution in [-0.4, -0.2) is 42.2 Å². The van der Waals surface area contributed by atoms with Gasteiger partial charge in [-0.25, -0.2) is 0 Å². The molecule has 1 saturated heterocycles. The van der Waals surface area contributed by atoms with Crippen LogP contribution < -0.4 is 4.74 Å². The molecule has 4 heteroatoms. The molecule has 1 aliphatic heterocycles. The van der Waals surface area contributed by atoms with Gasteiger partial charge in [0, 0.05) is 6.54 Å². The number of rotatable bonds is 5. The number of hydrogen-bond donors (Lipinski definition) is 1. The Morgan fingerprint density at radius 2 is 1.95 bits per heavy atom. The van der Waals surface area contributed by atoms with Crippen LogP contribution in [0, 0.1) is 12.8 Å². The summed E-state index contributed by atoms with van der Waals surface area (Å²) in [5.74, 6) is 0.0795. The minimum Gasteiger partial charge on any atom is -0.492 e. The van der Waals surface area contributed by atoms with Crippen molar-refractivity contribution in [1.29, 1.82) is 0 Å². The van der Waals surface area contributed by atoms with Gasteiger partial charge in [0.05, 0.1) is 5.92 Å². The van der Waals surface area contributed by atoms with E-state index in [1.54, 1.807) is 0 Å². The lowest BCUT2D eigenvalue weighted by atomic mass is 9.97. The maximum atomic E-state index is 10.8. The standard InChI is InChI=1S/C15H21NO3/c1-12-2-4-14(5-3-12)19-11-10-16-8-6-13(7-9-16)15(17)18/h2-5,13H,6-11H2,1H3,(H,17,18). The summed E-state index contributed by atoms with van der Waals surface area (Å²) < 4.78 is 5.68. The van der Waals surface area contributed by atoms with Crippen molar-refractivity contribution in [2.75, 3.05) is 26.2 Å². The van der Waals surface area contributed by atoms with Gasteiger partial charge >= 0.3 is 5.97 Å². The first kappa shape index (κ1) is 13.9. The van der Waals surface area contributed by atoms with E-state index in [4.69, 9.17) is 9.84 Å². The number of ether oxygens (including phenoxy) is 1. The number of nitrogens with zero attached hydrogens (tertiary/aromatic N) is 1. The Bertz CT molecular complexity index is 408. The number of aryl methyl sites for hydroxylation is 1. The number of piperidine rings is 1. The van der Waals surface area contributed by atoms with E-state index in [-0.39, 0.29) is 5.92 Å². The van der Waals surface area contributed by atoms with E-state index in [0.29, 0.717) is 6.61 Å². The molecule has 0 bridgehead atoms. The SMILES string of the molecule is Cc1ccc(OCCN2CCC(C(=O)O)CC2)cc1. The maximum absolute atomic E-state index is 10.8. The third-order valence-electron chi connectivity index (χ3n) is 3.63. The minimum atomic E-state index is -0.657. The normalized spacial score (nSPS) is 17.3. The van der Waals surface area contributed by atoms with Crippen molar-refractivity contribution in [3.05, 3.63) is 29.8 Å². The number of benzene rings is 1. The minimum absolute atomic E-state index is 0.158. The molecule has 0 spiro atoms. The number of carboxylic acid groups (broad SMARTS) is 1. The maximum Gasteiger partial charge on any atom is 0.306 e. The van der Waals surface area contributed by atoms with Gasteiger partial charge in [-0.1, -0.05) is 17.7 Å². The molecule has 0 unspecified atom stereocenters. The van der Waals surface area contributed by atoms with E-state index < -0.39 is 5.97 Å². The van der Waals surface area contributed by atoms with Crippen LogP contribution in [0.1, 0.15) is 18.4 Å². The van der Waals surface area contributed by atoms with Crippen LogP contribution in [0.2, 0.25) is 0 Å². The van der Waals surface area contributed by atoms with Crippen molar-refractivity contribution in [3.63, 3.8) is 0 Å². The summed E-state index contributed by atoms with van der Waals surface area (Å²) >= 11 is 0. The summed E-state index contributed by atoms with van der Waals surface area (Å²) in [5.41, 5.74) is 1.23. The molecule has 1 aromatic carbocycles. The monoisotopic (exact) mass is 263 g/mol. The van der Waals surface area contributed by atoms with E-state index >= 15 is 0 Å². The molecule has 1 aromatic rings. The molecular formula is C15H21NO3. The van der Waals surface area contributed by atoms with E-state index in [1.165, 1.54) is 5.56 Å². The lowest BCUT2D eigenvalue weighted by Gasteiger charge is -2.29. The molecule has 1 heterocycles. The summed E-state index contributed by atoms with van der Waals surface area (Å²) in [7, 11) is 0. The van der Waals surface area contributed by atoms with Crippen LogP contribution in [0.15, 0.2) is 24.3 Å². The first-order chi connectivity index (χ1) is 9.15. The predicted octanol–water partition coefficient (Wildman–Crippen LogP) is 2.17. The van der Waals surface area contributed by atoms with Gasteiger partial charge in [-0.15, -0.1) is 0 Å². The zero-order valence-corrected chi connectivity index (χ0v) is 11.3. The number of hydrogen-bond acceptors (Lipinski definition) is 3. The van der Waals surface area contributed by atoms with Crippen molar-refractivity contribution in [1.82, 2.24) is 4.90 Å². The molecule has 4 nitrogen and oxygen atoms in total. The van der Waals surface area contributed by atoms with Crippen LogP contribution in [-0.2, 0) is 4.79 Å². The second-order valence-electron chi connectivity index (χ2n) is 5.12. The van der Waals surface area contributed by atoms with Gasteiger partial charge < -0.3 is 9.84 Å². The molecule has 1 N–H and O–H groups in total. The molecule has 0 radical (unpaired) electrons. The van der Waals surface area contributed by atoms with Gasteiger partial charge in [-0.3, -0.25) is 9.69 Å². The largest absolute Gasteiger partial charge is 0.492 e. The highest BCUT2D eigenvalue weighted by Gasteiger charge is 2.23. The average molecular weight is 263 g/mol. The van der Waals surface area contributed by atoms with Gasteiger partial charge in [0.25, 0.3) is 0 Å². The summed E-state index contributed by atoms with van der Waals surface area (Å²) in [6.45, 7) is 5.28.